The number of rotatable bonds is 28. The Bertz CT molecular complexity index is 3040. The first-order valence-corrected chi connectivity index (χ1v) is 32.2. The van der Waals surface area contributed by atoms with Crippen LogP contribution in [0.3, 0.4) is 0 Å². The lowest BCUT2D eigenvalue weighted by molar-refractivity contribution is 0.108. The molecule has 0 heterocycles. The van der Waals surface area contributed by atoms with E-state index in [0.29, 0.717) is 87.0 Å². The standard InChI is InChI=1S/C68H88O14S2/c1-13-73-25-29-77-63-51-33-49(45-81-83(69,70)61-21-17-47(5)18-22-61)34-52(63)38-56-42-60(68(10,11)12)44-58(66(56)80-32-28-76-16-4)40-54-36-50(46-82-84(71,72)62-23-19-48(6)20-24-62)35-53(64(54)78-30-26-74-14-2)39-57-43-59(67(7,8)9)41-55(37-51)65(57)79-31-27-75-15-3/h17-24,33-36,41-44H,13-16,25-32,37-40,45-46H2,1-12H3. The summed E-state index contributed by atoms with van der Waals surface area (Å²) in [6, 6.07) is 29.9. The van der Waals surface area contributed by atoms with Crippen molar-refractivity contribution in [3.8, 4) is 23.0 Å². The monoisotopic (exact) mass is 1190 g/mol. The summed E-state index contributed by atoms with van der Waals surface area (Å²) in [5.41, 5.74) is 11.0. The maximum Gasteiger partial charge on any atom is 0.297 e. The van der Waals surface area contributed by atoms with Gasteiger partial charge in [-0.25, -0.2) is 0 Å². The number of benzene rings is 6. The van der Waals surface area contributed by atoms with Crippen LogP contribution in [0.2, 0.25) is 0 Å². The van der Waals surface area contributed by atoms with Crippen LogP contribution in [0.15, 0.2) is 107 Å². The zero-order chi connectivity index (χ0) is 60.7. The van der Waals surface area contributed by atoms with Crippen LogP contribution in [0.25, 0.3) is 0 Å². The van der Waals surface area contributed by atoms with Crippen molar-refractivity contribution in [1.82, 2.24) is 0 Å². The summed E-state index contributed by atoms with van der Waals surface area (Å²) < 4.78 is 119. The molecule has 84 heavy (non-hydrogen) atoms. The highest BCUT2D eigenvalue weighted by Crippen LogP contribution is 2.43. The van der Waals surface area contributed by atoms with E-state index in [1.807, 2.05) is 65.8 Å². The van der Waals surface area contributed by atoms with E-state index >= 15 is 0 Å². The van der Waals surface area contributed by atoms with Gasteiger partial charge in [0.15, 0.2) is 0 Å². The highest BCUT2D eigenvalue weighted by Gasteiger charge is 2.29. The van der Waals surface area contributed by atoms with Gasteiger partial charge in [-0.05, 0) is 168 Å². The Morgan fingerprint density at radius 1 is 0.357 bits per heavy atom. The average molecular weight is 1190 g/mol. The minimum Gasteiger partial charge on any atom is -0.491 e. The van der Waals surface area contributed by atoms with Crippen molar-refractivity contribution in [2.45, 2.75) is 143 Å². The second-order valence-electron chi connectivity index (χ2n) is 23.2. The molecule has 0 saturated heterocycles. The second-order valence-corrected chi connectivity index (χ2v) is 26.4. The van der Waals surface area contributed by atoms with Gasteiger partial charge in [-0.1, -0.05) is 101 Å². The lowest BCUT2D eigenvalue weighted by Gasteiger charge is -2.28. The van der Waals surface area contributed by atoms with Gasteiger partial charge in [-0.2, -0.15) is 16.8 Å². The molecule has 14 nitrogen and oxygen atoms in total. The fraction of sp³-hybridized carbons (Fsp3) is 0.471. The normalized spacial score (nSPS) is 13.0. The van der Waals surface area contributed by atoms with Gasteiger partial charge in [0, 0.05) is 52.1 Å². The maximum atomic E-state index is 13.9. The van der Waals surface area contributed by atoms with E-state index in [4.69, 9.17) is 46.3 Å². The Morgan fingerprint density at radius 2 is 0.595 bits per heavy atom. The maximum absolute atomic E-state index is 13.9. The van der Waals surface area contributed by atoms with Gasteiger partial charge in [-0.15, -0.1) is 0 Å². The predicted octanol–water partition coefficient (Wildman–Crippen LogP) is 13.0. The molecule has 8 bridgehead atoms. The van der Waals surface area contributed by atoms with Crippen LogP contribution in [-0.4, -0.2) is 96.1 Å². The molecular weight excluding hydrogens is 1100 g/mol. The van der Waals surface area contributed by atoms with E-state index < -0.39 is 20.2 Å². The summed E-state index contributed by atoms with van der Waals surface area (Å²) in [5.74, 6) is 2.52. The zero-order valence-electron chi connectivity index (χ0n) is 51.5. The third-order valence-electron chi connectivity index (χ3n) is 14.4. The van der Waals surface area contributed by atoms with Crippen LogP contribution in [0.4, 0.5) is 0 Å². The van der Waals surface area contributed by atoms with Crippen molar-refractivity contribution in [3.05, 3.63) is 175 Å². The van der Waals surface area contributed by atoms with Crippen molar-refractivity contribution in [3.63, 3.8) is 0 Å². The summed E-state index contributed by atoms with van der Waals surface area (Å²) in [6.07, 6.45) is 1.15. The predicted molar refractivity (Wildman–Crippen MR) is 329 cm³/mol. The summed E-state index contributed by atoms with van der Waals surface area (Å²) in [7, 11) is -8.37. The molecule has 7 rings (SSSR count). The number of hydrogen-bond donors (Lipinski definition) is 0. The van der Waals surface area contributed by atoms with E-state index in [1.54, 1.807) is 48.5 Å². The quantitative estimate of drug-likeness (QED) is 0.0336. The van der Waals surface area contributed by atoms with E-state index in [-0.39, 0.29) is 85.9 Å². The van der Waals surface area contributed by atoms with Gasteiger partial charge in [0.05, 0.1) is 49.4 Å². The van der Waals surface area contributed by atoms with Crippen LogP contribution >= 0.6 is 0 Å². The fourth-order valence-electron chi connectivity index (χ4n) is 10.0. The lowest BCUT2D eigenvalue weighted by atomic mass is 9.81. The van der Waals surface area contributed by atoms with Gasteiger partial charge < -0.3 is 37.9 Å². The molecular formula is C68H88O14S2. The third kappa shape index (κ3) is 18.1. The topological polar surface area (TPSA) is 161 Å². The Kier molecular flexibility index (Phi) is 23.5. The molecule has 456 valence electrons. The molecule has 0 saturated carbocycles. The van der Waals surface area contributed by atoms with Crippen LogP contribution in [-0.2, 0) is 97.3 Å². The van der Waals surface area contributed by atoms with Crippen LogP contribution < -0.4 is 18.9 Å². The first-order valence-electron chi connectivity index (χ1n) is 29.4. The average Bonchev–Trinajstić information content (AvgIpc) is 2.67. The molecule has 0 aromatic heterocycles. The molecule has 0 fully saturated rings. The van der Waals surface area contributed by atoms with E-state index in [2.05, 4.69) is 65.8 Å². The first-order chi connectivity index (χ1) is 40.0. The Morgan fingerprint density at radius 3 is 0.821 bits per heavy atom. The molecule has 6 aromatic rings. The van der Waals surface area contributed by atoms with E-state index in [9.17, 15) is 16.8 Å². The summed E-state index contributed by atoms with van der Waals surface area (Å²) in [6.45, 7) is 28.4. The van der Waals surface area contributed by atoms with Crippen LogP contribution in [0, 0.1) is 13.8 Å². The molecule has 16 heteroatoms. The molecule has 1 aliphatic rings. The fourth-order valence-corrected chi connectivity index (χ4v) is 11.8. The van der Waals surface area contributed by atoms with E-state index in [0.717, 1.165) is 66.8 Å². The highest BCUT2D eigenvalue weighted by molar-refractivity contribution is 7.87. The Labute approximate surface area is 500 Å². The number of aryl methyl sites for hydroxylation is 2. The van der Waals surface area contributed by atoms with Gasteiger partial charge >= 0.3 is 0 Å². The third-order valence-corrected chi connectivity index (χ3v) is 17.0. The van der Waals surface area contributed by atoms with Gasteiger partial charge in [-0.3, -0.25) is 8.37 Å². The molecule has 0 unspecified atom stereocenters. The van der Waals surface area contributed by atoms with Crippen molar-refractivity contribution in [2.75, 3.05) is 79.3 Å². The number of ether oxygens (including phenoxy) is 8. The van der Waals surface area contributed by atoms with Crippen LogP contribution in [0.5, 0.6) is 23.0 Å². The number of hydrogen-bond acceptors (Lipinski definition) is 14. The molecule has 0 N–H and O–H groups in total. The lowest BCUT2D eigenvalue weighted by Crippen LogP contribution is -2.17. The minimum atomic E-state index is -4.18. The van der Waals surface area contributed by atoms with Crippen molar-refractivity contribution < 1.29 is 63.1 Å². The second kappa shape index (κ2) is 30.0. The van der Waals surface area contributed by atoms with Gasteiger partial charge in [0.2, 0.25) is 0 Å². The number of fused-ring (bicyclic) bond motifs is 8. The van der Waals surface area contributed by atoms with Gasteiger partial charge in [0.25, 0.3) is 20.2 Å². The molecule has 0 atom stereocenters. The van der Waals surface area contributed by atoms with Crippen LogP contribution in [0.1, 0.15) is 147 Å². The molecule has 0 aliphatic heterocycles. The van der Waals surface area contributed by atoms with Crippen molar-refractivity contribution in [2.24, 2.45) is 0 Å². The SMILES string of the molecule is CCOCCOc1c2cc(COS(=O)(=O)c3ccc(C)cc3)cc1Cc1cc(C(C)(C)C)cc(c1OCCOCC)Cc1cc(COS(=O)(=O)c3ccc(C)cc3)cc(c1OCCOCC)Cc1cc(C(C)(C)C)cc(c1OCCOCC)C2. The smallest absolute Gasteiger partial charge is 0.297 e. The molecule has 0 spiro atoms. The largest absolute Gasteiger partial charge is 0.491 e. The van der Waals surface area contributed by atoms with E-state index in [1.165, 1.54) is 0 Å². The van der Waals surface area contributed by atoms with Gasteiger partial charge in [0.1, 0.15) is 49.4 Å². The first kappa shape index (κ1) is 65.7. The zero-order valence-corrected chi connectivity index (χ0v) is 53.1. The molecule has 6 aromatic carbocycles. The molecule has 0 amide bonds. The Hall–Kier alpha value is -5.82. The minimum absolute atomic E-state index is 0.0613. The Balaban J connectivity index is 1.57. The highest BCUT2D eigenvalue weighted by atomic mass is 32.2. The van der Waals surface area contributed by atoms with Crippen molar-refractivity contribution in [1.29, 1.82) is 0 Å². The summed E-state index contributed by atoms with van der Waals surface area (Å²) in [5, 5.41) is 0. The van der Waals surface area contributed by atoms with Crippen molar-refractivity contribution >= 4 is 20.2 Å². The molecule has 1 aliphatic carbocycles. The molecule has 0 radical (unpaired) electrons. The summed E-state index contributed by atoms with van der Waals surface area (Å²) >= 11 is 0. The summed E-state index contributed by atoms with van der Waals surface area (Å²) in [4.78, 5) is 0.123.